The van der Waals surface area contributed by atoms with E-state index in [1.807, 2.05) is 13.8 Å². The topological polar surface area (TPSA) is 68.4 Å². The zero-order valence-electron chi connectivity index (χ0n) is 10.3. The Labute approximate surface area is 100 Å². The van der Waals surface area contributed by atoms with E-state index in [1.165, 1.54) is 0 Å². The smallest absolute Gasteiger partial charge is 0.229 e. The molecular formula is C12H18N2O3. The Morgan fingerprint density at radius 1 is 1.41 bits per heavy atom. The Morgan fingerprint density at radius 3 is 2.76 bits per heavy atom. The van der Waals surface area contributed by atoms with Gasteiger partial charge in [-0.1, -0.05) is 5.16 Å². The van der Waals surface area contributed by atoms with E-state index in [1.54, 1.807) is 0 Å². The Morgan fingerprint density at radius 2 is 2.18 bits per heavy atom. The van der Waals surface area contributed by atoms with Crippen molar-refractivity contribution in [2.24, 2.45) is 0 Å². The van der Waals surface area contributed by atoms with Crippen LogP contribution in [0.15, 0.2) is 4.52 Å². The molecule has 0 amide bonds. The van der Waals surface area contributed by atoms with Crippen LogP contribution in [0.4, 0.5) is 0 Å². The van der Waals surface area contributed by atoms with Gasteiger partial charge in [0.05, 0.1) is 24.2 Å². The predicted molar refractivity (Wildman–Crippen MR) is 59.6 cm³/mol. The number of aliphatic hydroxyl groups is 1. The van der Waals surface area contributed by atoms with Crippen LogP contribution in [0, 0.1) is 0 Å². The first-order chi connectivity index (χ1) is 7.96. The summed E-state index contributed by atoms with van der Waals surface area (Å²) in [6.07, 6.45) is 3.29. The molecule has 0 radical (unpaired) electrons. The van der Waals surface area contributed by atoms with Crippen molar-refractivity contribution in [1.82, 2.24) is 10.1 Å². The summed E-state index contributed by atoms with van der Waals surface area (Å²) in [6.45, 7) is 4.30. The summed E-state index contributed by atoms with van der Waals surface area (Å²) < 4.78 is 10.7. The van der Waals surface area contributed by atoms with Crippen molar-refractivity contribution in [2.75, 3.05) is 6.61 Å². The molecule has 1 N–H and O–H groups in total. The second-order valence-electron chi connectivity index (χ2n) is 5.95. The van der Waals surface area contributed by atoms with Gasteiger partial charge in [-0.15, -0.1) is 0 Å². The van der Waals surface area contributed by atoms with Crippen LogP contribution in [-0.4, -0.2) is 33.1 Å². The molecule has 5 nitrogen and oxygen atoms in total. The van der Waals surface area contributed by atoms with Gasteiger partial charge in [0.15, 0.2) is 5.82 Å². The molecule has 0 aromatic carbocycles. The van der Waals surface area contributed by atoms with Crippen LogP contribution in [0.3, 0.4) is 0 Å². The lowest BCUT2D eigenvalue weighted by molar-refractivity contribution is 0.00274. The molecule has 0 unspecified atom stereocenters. The van der Waals surface area contributed by atoms with Gasteiger partial charge in [0.25, 0.3) is 0 Å². The van der Waals surface area contributed by atoms with Crippen molar-refractivity contribution in [3.05, 3.63) is 11.7 Å². The van der Waals surface area contributed by atoms with E-state index in [-0.39, 0.29) is 5.60 Å². The molecule has 0 bridgehead atoms. The number of hydrogen-bond donors (Lipinski definition) is 1. The van der Waals surface area contributed by atoms with Gasteiger partial charge in [-0.2, -0.15) is 4.98 Å². The van der Waals surface area contributed by atoms with Crippen molar-refractivity contribution in [2.45, 2.75) is 56.7 Å². The third-order valence-electron chi connectivity index (χ3n) is 3.39. The van der Waals surface area contributed by atoms with Crippen molar-refractivity contribution < 1.29 is 14.4 Å². The van der Waals surface area contributed by atoms with Gasteiger partial charge in [-0.3, -0.25) is 0 Å². The summed E-state index contributed by atoms with van der Waals surface area (Å²) in [5.41, 5.74) is -1.13. The monoisotopic (exact) mass is 238 g/mol. The normalized spacial score (nSPS) is 31.9. The molecule has 1 saturated carbocycles. The maximum atomic E-state index is 10.4. The molecule has 17 heavy (non-hydrogen) atoms. The van der Waals surface area contributed by atoms with Gasteiger partial charge in [0.2, 0.25) is 5.89 Å². The van der Waals surface area contributed by atoms with Crippen LogP contribution >= 0.6 is 0 Å². The highest BCUT2D eigenvalue weighted by Gasteiger charge is 2.44. The van der Waals surface area contributed by atoms with Crippen LogP contribution in [0.25, 0.3) is 0 Å². The third kappa shape index (κ3) is 2.35. The van der Waals surface area contributed by atoms with E-state index in [0.29, 0.717) is 31.3 Å². The van der Waals surface area contributed by atoms with Gasteiger partial charge in [-0.05, 0) is 26.7 Å². The van der Waals surface area contributed by atoms with Crippen molar-refractivity contribution in [3.8, 4) is 0 Å². The number of hydrogen-bond acceptors (Lipinski definition) is 5. The molecule has 2 aliphatic rings. The summed E-state index contributed by atoms with van der Waals surface area (Å²) in [5.74, 6) is 1.80. The Hall–Kier alpha value is -0.940. The lowest BCUT2D eigenvalue weighted by Crippen LogP contribution is -2.33. The average molecular weight is 238 g/mol. The van der Waals surface area contributed by atoms with Crippen molar-refractivity contribution in [3.63, 3.8) is 0 Å². The van der Waals surface area contributed by atoms with Crippen molar-refractivity contribution >= 4 is 0 Å². The molecule has 0 spiro atoms. The molecule has 1 aromatic heterocycles. The van der Waals surface area contributed by atoms with E-state index < -0.39 is 5.60 Å². The fraction of sp³-hybridized carbons (Fsp3) is 0.833. The first kappa shape index (κ1) is 11.2. The molecule has 94 valence electrons. The lowest BCUT2D eigenvalue weighted by Gasteiger charge is -2.20. The lowest BCUT2D eigenvalue weighted by atomic mass is 9.91. The highest BCUT2D eigenvalue weighted by Crippen LogP contribution is 2.39. The first-order valence-electron chi connectivity index (χ1n) is 6.15. The zero-order chi connectivity index (χ0) is 12.1. The molecular weight excluding hydrogens is 220 g/mol. The second-order valence-corrected chi connectivity index (χ2v) is 5.95. The Bertz CT molecular complexity index is 425. The maximum Gasteiger partial charge on any atom is 0.229 e. The quantitative estimate of drug-likeness (QED) is 0.862. The molecule has 1 atom stereocenters. The van der Waals surface area contributed by atoms with E-state index in [9.17, 15) is 5.11 Å². The standard InChI is InChI=1S/C12H18N2O3/c1-11(2)6-12(15,7-16-11)5-9-13-10(14-17-9)8-3-4-8/h8,15H,3-7H2,1-2H3/t12-/m1/s1. The van der Waals surface area contributed by atoms with E-state index in [2.05, 4.69) is 10.1 Å². The minimum absolute atomic E-state index is 0.270. The average Bonchev–Trinajstić information content (AvgIpc) is 2.91. The fourth-order valence-electron chi connectivity index (χ4n) is 2.47. The van der Waals surface area contributed by atoms with Gasteiger partial charge in [0, 0.05) is 12.3 Å². The minimum atomic E-state index is -0.864. The zero-order valence-corrected chi connectivity index (χ0v) is 10.3. The third-order valence-corrected chi connectivity index (χ3v) is 3.39. The summed E-state index contributed by atoms with van der Waals surface area (Å²) >= 11 is 0. The minimum Gasteiger partial charge on any atom is -0.387 e. The van der Waals surface area contributed by atoms with Gasteiger partial charge < -0.3 is 14.4 Å². The maximum absolute atomic E-state index is 10.4. The summed E-state index contributed by atoms with van der Waals surface area (Å²) in [5, 5.41) is 14.3. The fourth-order valence-corrected chi connectivity index (χ4v) is 2.47. The van der Waals surface area contributed by atoms with Crippen LogP contribution in [0.5, 0.6) is 0 Å². The molecule has 1 saturated heterocycles. The number of aromatic nitrogens is 2. The summed E-state index contributed by atoms with van der Waals surface area (Å²) in [4.78, 5) is 4.34. The van der Waals surface area contributed by atoms with E-state index >= 15 is 0 Å². The highest BCUT2D eigenvalue weighted by atomic mass is 16.5. The molecule has 2 heterocycles. The van der Waals surface area contributed by atoms with Gasteiger partial charge >= 0.3 is 0 Å². The van der Waals surface area contributed by atoms with Crippen LogP contribution in [0.1, 0.15) is 50.7 Å². The van der Waals surface area contributed by atoms with Gasteiger partial charge in [0.1, 0.15) is 0 Å². The largest absolute Gasteiger partial charge is 0.387 e. The Balaban J connectivity index is 1.69. The van der Waals surface area contributed by atoms with Crippen LogP contribution in [0.2, 0.25) is 0 Å². The molecule has 3 rings (SSSR count). The summed E-state index contributed by atoms with van der Waals surface area (Å²) in [7, 11) is 0. The molecule has 1 aliphatic carbocycles. The second kappa shape index (κ2) is 3.53. The highest BCUT2D eigenvalue weighted by molar-refractivity contribution is 5.05. The van der Waals surface area contributed by atoms with Crippen LogP contribution < -0.4 is 0 Å². The van der Waals surface area contributed by atoms with Crippen molar-refractivity contribution in [1.29, 1.82) is 0 Å². The molecule has 5 heteroatoms. The number of rotatable bonds is 3. The SMILES string of the molecule is CC1(C)C[C@](O)(Cc2nc(C3CC3)no2)CO1. The predicted octanol–water partition coefficient (Wildman–Crippen LogP) is 1.42. The Kier molecular flexibility index (Phi) is 2.32. The number of ether oxygens (including phenoxy) is 1. The van der Waals surface area contributed by atoms with E-state index in [4.69, 9.17) is 9.26 Å². The first-order valence-corrected chi connectivity index (χ1v) is 6.15. The van der Waals surface area contributed by atoms with Crippen LogP contribution in [-0.2, 0) is 11.2 Å². The molecule has 1 aliphatic heterocycles. The number of nitrogens with zero attached hydrogens (tertiary/aromatic N) is 2. The van der Waals surface area contributed by atoms with E-state index in [0.717, 1.165) is 18.7 Å². The van der Waals surface area contributed by atoms with Gasteiger partial charge in [-0.25, -0.2) is 0 Å². The molecule has 1 aromatic rings. The molecule has 2 fully saturated rings. The summed E-state index contributed by atoms with van der Waals surface area (Å²) in [6, 6.07) is 0.